The van der Waals surface area contributed by atoms with Gasteiger partial charge in [-0.05, 0) is 25.6 Å². The Morgan fingerprint density at radius 3 is 2.47 bits per heavy atom. The molecule has 0 spiro atoms. The lowest BCUT2D eigenvalue weighted by Gasteiger charge is -2.32. The number of rotatable bonds is 2. The molecule has 1 aliphatic rings. The van der Waals surface area contributed by atoms with E-state index >= 15 is 0 Å². The molecule has 0 saturated carbocycles. The molecule has 1 aliphatic heterocycles. The van der Waals surface area contributed by atoms with Crippen LogP contribution < -0.4 is 5.32 Å². The maximum Gasteiger partial charge on any atom is 0.321 e. The molecule has 1 saturated heterocycles. The van der Waals surface area contributed by atoms with Crippen LogP contribution in [0.5, 0.6) is 0 Å². The number of piperazine rings is 1. The Labute approximate surface area is 114 Å². The van der Waals surface area contributed by atoms with Crippen molar-refractivity contribution in [2.75, 3.05) is 38.5 Å². The van der Waals surface area contributed by atoms with E-state index in [-0.39, 0.29) is 6.03 Å². The van der Waals surface area contributed by atoms with Gasteiger partial charge in [-0.15, -0.1) is 0 Å². The maximum absolute atomic E-state index is 12.2. The number of amides is 2. The van der Waals surface area contributed by atoms with Crippen LogP contribution in [-0.2, 0) is 0 Å². The highest BCUT2D eigenvalue weighted by Gasteiger charge is 2.19. The number of para-hydroxylation sites is 1. The van der Waals surface area contributed by atoms with Crippen molar-refractivity contribution >= 4 is 17.3 Å². The summed E-state index contributed by atoms with van der Waals surface area (Å²) < 4.78 is 0. The number of nitrogens with one attached hydrogen (secondary N) is 1. The predicted octanol–water partition coefficient (Wildman–Crippen LogP) is 2.50. The summed E-state index contributed by atoms with van der Waals surface area (Å²) in [6.07, 6.45) is 0. The highest BCUT2D eigenvalue weighted by atomic mass is 16.2. The number of anilines is 1. The van der Waals surface area contributed by atoms with Crippen molar-refractivity contribution in [3.63, 3.8) is 0 Å². The van der Waals surface area contributed by atoms with Gasteiger partial charge in [0, 0.05) is 37.4 Å². The van der Waals surface area contributed by atoms with E-state index in [0.29, 0.717) is 0 Å². The molecule has 1 aromatic rings. The molecule has 0 radical (unpaired) electrons. The largest absolute Gasteiger partial charge is 0.322 e. The second-order valence-corrected chi connectivity index (χ2v) is 5.05. The van der Waals surface area contributed by atoms with Crippen molar-refractivity contribution in [1.82, 2.24) is 9.80 Å². The van der Waals surface area contributed by atoms with E-state index < -0.39 is 0 Å². The molecule has 0 bridgehead atoms. The molecule has 0 atom stereocenters. The molecule has 4 heteroatoms. The summed E-state index contributed by atoms with van der Waals surface area (Å²) in [5.74, 6) is 0. The van der Waals surface area contributed by atoms with E-state index in [4.69, 9.17) is 0 Å². The van der Waals surface area contributed by atoms with Gasteiger partial charge in [-0.2, -0.15) is 0 Å². The predicted molar refractivity (Wildman–Crippen MR) is 79.2 cm³/mol. The molecule has 1 fully saturated rings. The summed E-state index contributed by atoms with van der Waals surface area (Å²) in [4.78, 5) is 16.3. The molecule has 1 N–H and O–H groups in total. The normalized spacial score (nSPS) is 16.2. The minimum Gasteiger partial charge on any atom is -0.322 e. The van der Waals surface area contributed by atoms with Crippen molar-refractivity contribution in [3.8, 4) is 0 Å². The van der Waals surface area contributed by atoms with E-state index in [0.717, 1.165) is 43.0 Å². The van der Waals surface area contributed by atoms with Gasteiger partial charge in [0.25, 0.3) is 0 Å². The first-order valence-electron chi connectivity index (χ1n) is 6.57. The van der Waals surface area contributed by atoms with Crippen molar-refractivity contribution in [2.45, 2.75) is 6.92 Å². The van der Waals surface area contributed by atoms with E-state index in [1.165, 1.54) is 0 Å². The number of hydrogen-bond acceptors (Lipinski definition) is 2. The molecule has 0 aliphatic carbocycles. The second-order valence-electron chi connectivity index (χ2n) is 5.05. The smallest absolute Gasteiger partial charge is 0.321 e. The molecule has 1 heterocycles. The van der Waals surface area contributed by atoms with Crippen molar-refractivity contribution < 1.29 is 4.79 Å². The van der Waals surface area contributed by atoms with Gasteiger partial charge in [-0.25, -0.2) is 4.79 Å². The zero-order chi connectivity index (χ0) is 13.8. The molecule has 0 aromatic heterocycles. The fourth-order valence-electron chi connectivity index (χ4n) is 2.17. The first kappa shape index (κ1) is 13.6. The number of likely N-dealkylation sites (N-methyl/N-ethyl adjacent to an activating group) is 1. The fraction of sp³-hybridized carbons (Fsp3) is 0.400. The Kier molecular flexibility index (Phi) is 4.22. The number of nitrogens with zero attached hydrogens (tertiary/aromatic N) is 2. The number of allylic oxidation sites excluding steroid dienone is 1. The molecule has 2 amide bonds. The lowest BCUT2D eigenvalue weighted by atomic mass is 10.1. The fourth-order valence-corrected chi connectivity index (χ4v) is 2.17. The number of carbonyl (C=O) groups is 1. The molecule has 1 aromatic carbocycles. The summed E-state index contributed by atoms with van der Waals surface area (Å²) in [6, 6.07) is 7.74. The van der Waals surface area contributed by atoms with Crippen LogP contribution in [0.1, 0.15) is 12.5 Å². The molecule has 4 nitrogen and oxygen atoms in total. The summed E-state index contributed by atoms with van der Waals surface area (Å²) in [7, 11) is 2.08. The first-order chi connectivity index (χ1) is 9.08. The first-order valence-corrected chi connectivity index (χ1v) is 6.57. The van der Waals surface area contributed by atoms with Crippen LogP contribution in [0.2, 0.25) is 0 Å². The van der Waals surface area contributed by atoms with E-state index in [2.05, 4.69) is 23.8 Å². The van der Waals surface area contributed by atoms with Crippen molar-refractivity contribution in [1.29, 1.82) is 0 Å². The highest BCUT2D eigenvalue weighted by Crippen LogP contribution is 2.22. The monoisotopic (exact) mass is 259 g/mol. The lowest BCUT2D eigenvalue weighted by molar-refractivity contribution is 0.164. The van der Waals surface area contributed by atoms with Crippen LogP contribution >= 0.6 is 0 Å². The molecule has 102 valence electrons. The van der Waals surface area contributed by atoms with Gasteiger partial charge in [0.15, 0.2) is 0 Å². The van der Waals surface area contributed by atoms with Gasteiger partial charge in [0.05, 0.1) is 0 Å². The Morgan fingerprint density at radius 1 is 1.21 bits per heavy atom. The summed E-state index contributed by atoms with van der Waals surface area (Å²) in [6.45, 7) is 9.29. The van der Waals surface area contributed by atoms with Crippen LogP contribution in [0.25, 0.3) is 5.57 Å². The van der Waals surface area contributed by atoms with Gasteiger partial charge in [0.2, 0.25) is 0 Å². The molecule has 2 rings (SSSR count). The maximum atomic E-state index is 12.2. The van der Waals surface area contributed by atoms with Crippen LogP contribution in [0.4, 0.5) is 10.5 Å². The Bertz CT molecular complexity index is 476. The van der Waals surface area contributed by atoms with E-state index in [9.17, 15) is 4.79 Å². The van der Waals surface area contributed by atoms with Crippen LogP contribution in [0.15, 0.2) is 30.8 Å². The molecular weight excluding hydrogens is 238 g/mol. The van der Waals surface area contributed by atoms with Crippen LogP contribution in [0, 0.1) is 0 Å². The van der Waals surface area contributed by atoms with Crippen molar-refractivity contribution in [2.24, 2.45) is 0 Å². The zero-order valence-corrected chi connectivity index (χ0v) is 11.6. The topological polar surface area (TPSA) is 35.6 Å². The minimum atomic E-state index is -0.0261. The van der Waals surface area contributed by atoms with Gasteiger partial charge < -0.3 is 15.1 Å². The Morgan fingerprint density at radius 2 is 1.84 bits per heavy atom. The Hall–Kier alpha value is -1.81. The second kappa shape index (κ2) is 5.89. The van der Waals surface area contributed by atoms with Crippen molar-refractivity contribution in [3.05, 3.63) is 36.4 Å². The molecule has 19 heavy (non-hydrogen) atoms. The summed E-state index contributed by atoms with van der Waals surface area (Å²) in [5, 5.41) is 2.98. The number of urea groups is 1. The highest BCUT2D eigenvalue weighted by molar-refractivity contribution is 5.92. The van der Waals surface area contributed by atoms with Crippen LogP contribution in [-0.4, -0.2) is 49.1 Å². The quantitative estimate of drug-likeness (QED) is 0.885. The Balaban J connectivity index is 2.05. The average molecular weight is 259 g/mol. The minimum absolute atomic E-state index is 0.0261. The third-order valence-corrected chi connectivity index (χ3v) is 3.42. The SMILES string of the molecule is C=C(C)c1ccccc1NC(=O)N1CCN(C)CC1. The number of carbonyl (C=O) groups excluding carboxylic acids is 1. The van der Waals surface area contributed by atoms with Crippen LogP contribution in [0.3, 0.4) is 0 Å². The summed E-state index contributed by atoms with van der Waals surface area (Å²) >= 11 is 0. The third-order valence-electron chi connectivity index (χ3n) is 3.42. The van der Waals surface area contributed by atoms with Gasteiger partial charge in [-0.1, -0.05) is 24.8 Å². The number of hydrogen-bond donors (Lipinski definition) is 1. The summed E-state index contributed by atoms with van der Waals surface area (Å²) in [5.41, 5.74) is 2.78. The molecule has 0 unspecified atom stereocenters. The van der Waals surface area contributed by atoms with Gasteiger partial charge in [0.1, 0.15) is 0 Å². The van der Waals surface area contributed by atoms with Gasteiger partial charge >= 0.3 is 6.03 Å². The lowest BCUT2D eigenvalue weighted by Crippen LogP contribution is -2.48. The van der Waals surface area contributed by atoms with E-state index in [1.54, 1.807) is 0 Å². The average Bonchev–Trinajstić information content (AvgIpc) is 2.39. The third kappa shape index (κ3) is 3.35. The molecular formula is C15H21N3O. The van der Waals surface area contributed by atoms with E-state index in [1.807, 2.05) is 36.1 Å². The zero-order valence-electron chi connectivity index (χ0n) is 11.6. The standard InChI is InChI=1S/C15H21N3O/c1-12(2)13-6-4-5-7-14(13)16-15(19)18-10-8-17(3)9-11-18/h4-7H,1,8-11H2,2-3H3,(H,16,19). The van der Waals surface area contributed by atoms with Gasteiger partial charge in [-0.3, -0.25) is 0 Å². The number of benzene rings is 1.